The number of hydrogen-bond acceptors (Lipinski definition) is 3. The van der Waals surface area contributed by atoms with Crippen LogP contribution in [0, 0.1) is 5.41 Å². The van der Waals surface area contributed by atoms with E-state index < -0.39 is 0 Å². The maximum absolute atomic E-state index is 5.66. The first-order valence-electron chi connectivity index (χ1n) is 7.21. The normalized spacial score (nSPS) is 22.6. The lowest BCUT2D eigenvalue weighted by Gasteiger charge is -2.40. The fourth-order valence-electron chi connectivity index (χ4n) is 3.64. The molecule has 1 spiro atoms. The summed E-state index contributed by atoms with van der Waals surface area (Å²) in [5, 5.41) is 0. The zero-order valence-corrected chi connectivity index (χ0v) is 11.1. The van der Waals surface area contributed by atoms with E-state index in [0.29, 0.717) is 12.0 Å². The van der Waals surface area contributed by atoms with Crippen LogP contribution in [0.2, 0.25) is 0 Å². The van der Waals surface area contributed by atoms with Gasteiger partial charge in [0.2, 0.25) is 0 Å². The molecule has 2 fully saturated rings. The second kappa shape index (κ2) is 4.88. The molecule has 1 aliphatic carbocycles. The Kier molecular flexibility index (Phi) is 3.25. The molecule has 0 unspecified atom stereocenters. The van der Waals surface area contributed by atoms with Crippen molar-refractivity contribution in [1.29, 1.82) is 0 Å². The van der Waals surface area contributed by atoms with Crippen LogP contribution in [0.25, 0.3) is 0 Å². The van der Waals surface area contributed by atoms with Gasteiger partial charge < -0.3 is 10.6 Å². The van der Waals surface area contributed by atoms with Gasteiger partial charge in [0.1, 0.15) is 0 Å². The molecule has 98 valence electrons. The van der Waals surface area contributed by atoms with Crippen molar-refractivity contribution in [2.45, 2.75) is 45.1 Å². The Balaban J connectivity index is 1.68. The summed E-state index contributed by atoms with van der Waals surface area (Å²) in [6, 6.07) is 4.26. The molecule has 3 nitrogen and oxygen atoms in total. The molecule has 18 heavy (non-hydrogen) atoms. The van der Waals surface area contributed by atoms with Crippen molar-refractivity contribution >= 4 is 5.69 Å². The molecule has 2 N–H and O–H groups in total. The Labute approximate surface area is 109 Å². The molecule has 1 aliphatic heterocycles. The van der Waals surface area contributed by atoms with Crippen LogP contribution in [0.3, 0.4) is 0 Å². The van der Waals surface area contributed by atoms with Gasteiger partial charge in [-0.05, 0) is 43.2 Å². The Morgan fingerprint density at radius 1 is 1.17 bits per heavy atom. The molecule has 0 atom stereocenters. The van der Waals surface area contributed by atoms with Gasteiger partial charge in [0.25, 0.3) is 0 Å². The third-order valence-electron chi connectivity index (χ3n) is 4.86. The smallest absolute Gasteiger partial charge is 0.0560 e. The van der Waals surface area contributed by atoms with Crippen molar-refractivity contribution in [3.63, 3.8) is 0 Å². The summed E-state index contributed by atoms with van der Waals surface area (Å²) in [7, 11) is 0. The second-order valence-corrected chi connectivity index (χ2v) is 5.90. The summed E-state index contributed by atoms with van der Waals surface area (Å²) in [6.45, 7) is 2.94. The average molecular weight is 245 g/mol. The third kappa shape index (κ3) is 2.24. The maximum atomic E-state index is 5.66. The van der Waals surface area contributed by atoms with Gasteiger partial charge in [0, 0.05) is 31.5 Å². The minimum atomic E-state index is 0.533. The van der Waals surface area contributed by atoms with Crippen molar-refractivity contribution in [3.8, 4) is 0 Å². The molecule has 2 heterocycles. The lowest BCUT2D eigenvalue weighted by atomic mass is 9.77. The summed E-state index contributed by atoms with van der Waals surface area (Å²) in [6.07, 6.45) is 10.5. The number of piperidine rings is 1. The van der Waals surface area contributed by atoms with Crippen molar-refractivity contribution in [1.82, 2.24) is 4.98 Å². The third-order valence-corrected chi connectivity index (χ3v) is 4.86. The van der Waals surface area contributed by atoms with Gasteiger partial charge in [0.15, 0.2) is 0 Å². The Morgan fingerprint density at radius 3 is 2.56 bits per heavy atom. The molecule has 1 aromatic heterocycles. The van der Waals surface area contributed by atoms with E-state index in [2.05, 4.69) is 22.0 Å². The van der Waals surface area contributed by atoms with Gasteiger partial charge in [-0.1, -0.05) is 12.8 Å². The van der Waals surface area contributed by atoms with Crippen molar-refractivity contribution in [2.75, 3.05) is 18.0 Å². The van der Waals surface area contributed by atoms with Crippen LogP contribution in [0.4, 0.5) is 5.69 Å². The number of pyridine rings is 1. The molecule has 1 aromatic rings. The Hall–Kier alpha value is -1.09. The van der Waals surface area contributed by atoms with Crippen LogP contribution in [-0.2, 0) is 6.54 Å². The van der Waals surface area contributed by atoms with E-state index in [1.807, 2.05) is 6.20 Å². The van der Waals surface area contributed by atoms with Crippen LogP contribution < -0.4 is 10.6 Å². The van der Waals surface area contributed by atoms with E-state index in [0.717, 1.165) is 5.69 Å². The molecular formula is C15H23N3. The van der Waals surface area contributed by atoms with Crippen LogP contribution in [-0.4, -0.2) is 18.1 Å². The topological polar surface area (TPSA) is 42.1 Å². The van der Waals surface area contributed by atoms with Gasteiger partial charge in [-0.2, -0.15) is 0 Å². The van der Waals surface area contributed by atoms with E-state index in [9.17, 15) is 0 Å². The lowest BCUT2D eigenvalue weighted by Crippen LogP contribution is -2.38. The minimum Gasteiger partial charge on any atom is -0.371 e. The molecule has 0 bridgehead atoms. The van der Waals surface area contributed by atoms with Crippen LogP contribution in [0.1, 0.15) is 44.2 Å². The number of rotatable bonds is 2. The predicted molar refractivity (Wildman–Crippen MR) is 74.5 cm³/mol. The number of nitrogens with two attached hydrogens (primary N) is 1. The van der Waals surface area contributed by atoms with E-state index >= 15 is 0 Å². The standard InChI is InChI=1S/C15H23N3/c16-12-13-11-14(3-8-17-13)18-9-6-15(7-10-18)4-1-2-5-15/h3,8,11H,1-2,4-7,9-10,12,16H2. The monoisotopic (exact) mass is 245 g/mol. The zero-order chi connectivity index (χ0) is 12.4. The van der Waals surface area contributed by atoms with Crippen molar-refractivity contribution < 1.29 is 0 Å². The fraction of sp³-hybridized carbons (Fsp3) is 0.667. The van der Waals surface area contributed by atoms with Gasteiger partial charge in [-0.3, -0.25) is 4.98 Å². The summed E-state index contributed by atoms with van der Waals surface area (Å²) < 4.78 is 0. The zero-order valence-electron chi connectivity index (χ0n) is 11.1. The van der Waals surface area contributed by atoms with Gasteiger partial charge in [-0.15, -0.1) is 0 Å². The molecule has 0 aromatic carbocycles. The quantitative estimate of drug-likeness (QED) is 0.871. The van der Waals surface area contributed by atoms with E-state index in [-0.39, 0.29) is 0 Å². The fourth-order valence-corrected chi connectivity index (χ4v) is 3.64. The van der Waals surface area contributed by atoms with E-state index in [1.165, 1.54) is 57.3 Å². The molecular weight excluding hydrogens is 222 g/mol. The van der Waals surface area contributed by atoms with Gasteiger partial charge >= 0.3 is 0 Å². The second-order valence-electron chi connectivity index (χ2n) is 5.90. The number of aromatic nitrogens is 1. The Bertz CT molecular complexity index is 400. The summed E-state index contributed by atoms with van der Waals surface area (Å²) >= 11 is 0. The molecule has 3 rings (SSSR count). The molecule has 0 radical (unpaired) electrons. The van der Waals surface area contributed by atoms with Gasteiger partial charge in [0.05, 0.1) is 5.69 Å². The van der Waals surface area contributed by atoms with E-state index in [1.54, 1.807) is 0 Å². The summed E-state index contributed by atoms with van der Waals surface area (Å²) in [4.78, 5) is 6.78. The summed E-state index contributed by atoms with van der Waals surface area (Å²) in [5.41, 5.74) is 8.65. The highest BCUT2D eigenvalue weighted by atomic mass is 15.1. The van der Waals surface area contributed by atoms with Crippen LogP contribution in [0.5, 0.6) is 0 Å². The lowest BCUT2D eigenvalue weighted by molar-refractivity contribution is 0.226. The molecule has 0 amide bonds. The number of anilines is 1. The highest BCUT2D eigenvalue weighted by Gasteiger charge is 2.36. The first-order valence-corrected chi connectivity index (χ1v) is 7.21. The van der Waals surface area contributed by atoms with E-state index in [4.69, 9.17) is 5.73 Å². The number of nitrogens with zero attached hydrogens (tertiary/aromatic N) is 2. The highest BCUT2D eigenvalue weighted by molar-refractivity contribution is 5.47. The SMILES string of the molecule is NCc1cc(N2CCC3(CCCC3)CC2)ccn1. The average Bonchev–Trinajstić information content (AvgIpc) is 2.88. The number of hydrogen-bond donors (Lipinski definition) is 1. The Morgan fingerprint density at radius 2 is 1.89 bits per heavy atom. The first kappa shape index (κ1) is 12.0. The molecule has 1 saturated carbocycles. The summed E-state index contributed by atoms with van der Waals surface area (Å²) in [5.74, 6) is 0. The first-order chi connectivity index (χ1) is 8.81. The highest BCUT2D eigenvalue weighted by Crippen LogP contribution is 2.46. The molecule has 1 saturated heterocycles. The predicted octanol–water partition coefficient (Wildman–Crippen LogP) is 2.70. The van der Waals surface area contributed by atoms with Crippen molar-refractivity contribution in [3.05, 3.63) is 24.0 Å². The van der Waals surface area contributed by atoms with Crippen molar-refractivity contribution in [2.24, 2.45) is 11.1 Å². The van der Waals surface area contributed by atoms with Crippen LogP contribution >= 0.6 is 0 Å². The molecule has 2 aliphatic rings. The maximum Gasteiger partial charge on any atom is 0.0560 e. The minimum absolute atomic E-state index is 0.533. The largest absolute Gasteiger partial charge is 0.371 e. The van der Waals surface area contributed by atoms with Gasteiger partial charge in [-0.25, -0.2) is 0 Å². The van der Waals surface area contributed by atoms with Crippen LogP contribution in [0.15, 0.2) is 18.3 Å². The molecule has 3 heteroatoms.